The molecule has 0 saturated carbocycles. The topological polar surface area (TPSA) is 41.5 Å². The lowest BCUT2D eigenvalue weighted by Crippen LogP contribution is -2.45. The summed E-state index contributed by atoms with van der Waals surface area (Å²) in [5, 5.41) is 12.8. The predicted molar refractivity (Wildman–Crippen MR) is 71.0 cm³/mol. The van der Waals surface area contributed by atoms with Crippen molar-refractivity contribution in [1.82, 2.24) is 5.32 Å². The van der Waals surface area contributed by atoms with Crippen LogP contribution in [0, 0.1) is 17.3 Å². The Morgan fingerprint density at radius 3 is 2.35 bits per heavy atom. The molecule has 0 bridgehead atoms. The minimum Gasteiger partial charge on any atom is -0.395 e. The van der Waals surface area contributed by atoms with Gasteiger partial charge in [0.25, 0.3) is 0 Å². The fraction of sp³-hybridized carbons (Fsp3) is 1.00. The van der Waals surface area contributed by atoms with Crippen molar-refractivity contribution >= 4 is 0 Å². The Hall–Kier alpha value is -0.120. The van der Waals surface area contributed by atoms with Gasteiger partial charge in [-0.2, -0.15) is 0 Å². The second-order valence-electron chi connectivity index (χ2n) is 6.29. The summed E-state index contributed by atoms with van der Waals surface area (Å²) in [7, 11) is 0. The van der Waals surface area contributed by atoms with Crippen molar-refractivity contribution < 1.29 is 9.84 Å². The molecule has 1 aliphatic heterocycles. The zero-order valence-electron chi connectivity index (χ0n) is 11.8. The summed E-state index contributed by atoms with van der Waals surface area (Å²) in [4.78, 5) is 0. The molecule has 3 nitrogen and oxygen atoms in total. The third-order valence-corrected chi connectivity index (χ3v) is 4.15. The van der Waals surface area contributed by atoms with E-state index in [1.54, 1.807) is 0 Å². The fourth-order valence-electron chi connectivity index (χ4n) is 2.53. The van der Waals surface area contributed by atoms with Crippen LogP contribution in [0.5, 0.6) is 0 Å². The Morgan fingerprint density at radius 2 is 1.88 bits per heavy atom. The van der Waals surface area contributed by atoms with Gasteiger partial charge in [0.05, 0.1) is 6.61 Å². The monoisotopic (exact) mass is 243 g/mol. The fourth-order valence-corrected chi connectivity index (χ4v) is 2.53. The molecule has 1 heterocycles. The Kier molecular flexibility index (Phi) is 5.90. The molecule has 1 saturated heterocycles. The summed E-state index contributed by atoms with van der Waals surface area (Å²) in [6.45, 7) is 12.0. The molecule has 2 N–H and O–H groups in total. The van der Waals surface area contributed by atoms with Gasteiger partial charge in [-0.1, -0.05) is 27.7 Å². The van der Waals surface area contributed by atoms with Gasteiger partial charge >= 0.3 is 0 Å². The first-order valence-corrected chi connectivity index (χ1v) is 6.89. The highest BCUT2D eigenvalue weighted by atomic mass is 16.5. The van der Waals surface area contributed by atoms with Crippen molar-refractivity contribution in [3.05, 3.63) is 0 Å². The lowest BCUT2D eigenvalue weighted by Gasteiger charge is -2.38. The molecular weight excluding hydrogens is 214 g/mol. The summed E-state index contributed by atoms with van der Waals surface area (Å²) < 4.78 is 5.42. The van der Waals surface area contributed by atoms with Crippen LogP contribution in [-0.4, -0.2) is 37.5 Å². The van der Waals surface area contributed by atoms with Gasteiger partial charge in [-0.3, -0.25) is 0 Å². The van der Waals surface area contributed by atoms with E-state index in [0.29, 0.717) is 5.92 Å². The zero-order chi connectivity index (χ0) is 12.9. The molecule has 0 aromatic carbocycles. The number of hydrogen-bond acceptors (Lipinski definition) is 3. The maximum absolute atomic E-state index is 9.32. The molecule has 1 atom stereocenters. The van der Waals surface area contributed by atoms with Gasteiger partial charge in [0.1, 0.15) is 0 Å². The second-order valence-corrected chi connectivity index (χ2v) is 6.29. The number of aliphatic hydroxyl groups is 1. The van der Waals surface area contributed by atoms with E-state index in [2.05, 4.69) is 33.0 Å². The molecule has 0 aromatic heterocycles. The van der Waals surface area contributed by atoms with Crippen LogP contribution in [0.2, 0.25) is 0 Å². The van der Waals surface area contributed by atoms with E-state index in [4.69, 9.17) is 4.74 Å². The maximum atomic E-state index is 9.32. The highest BCUT2D eigenvalue weighted by Crippen LogP contribution is 2.33. The average Bonchev–Trinajstić information content (AvgIpc) is 2.30. The van der Waals surface area contributed by atoms with Crippen molar-refractivity contribution in [2.24, 2.45) is 17.3 Å². The molecule has 0 aromatic rings. The minimum absolute atomic E-state index is 0.217. The second kappa shape index (κ2) is 6.72. The summed E-state index contributed by atoms with van der Waals surface area (Å²) >= 11 is 0. The summed E-state index contributed by atoms with van der Waals surface area (Å²) in [6.07, 6.45) is 2.33. The van der Waals surface area contributed by atoms with Crippen LogP contribution in [0.15, 0.2) is 0 Å². The molecule has 1 aliphatic rings. The summed E-state index contributed by atoms with van der Waals surface area (Å²) in [5.41, 5.74) is 0.284. The molecule has 0 aliphatic carbocycles. The molecule has 0 spiro atoms. The minimum atomic E-state index is 0.217. The van der Waals surface area contributed by atoms with E-state index >= 15 is 0 Å². The van der Waals surface area contributed by atoms with E-state index in [-0.39, 0.29) is 18.1 Å². The highest BCUT2D eigenvalue weighted by molar-refractivity contribution is 4.84. The number of hydrogen-bond donors (Lipinski definition) is 2. The molecule has 0 amide bonds. The molecule has 1 unspecified atom stereocenters. The normalized spacial score (nSPS) is 20.8. The van der Waals surface area contributed by atoms with E-state index in [0.717, 1.165) is 25.7 Å². The molecule has 1 fully saturated rings. The summed E-state index contributed by atoms with van der Waals surface area (Å²) in [5.74, 6) is 1.21. The van der Waals surface area contributed by atoms with Crippen LogP contribution < -0.4 is 5.32 Å². The van der Waals surface area contributed by atoms with E-state index in [1.165, 1.54) is 12.8 Å². The molecule has 1 rings (SSSR count). The Bertz CT molecular complexity index is 210. The third-order valence-electron chi connectivity index (χ3n) is 4.15. The highest BCUT2D eigenvalue weighted by Gasteiger charge is 2.31. The summed E-state index contributed by atoms with van der Waals surface area (Å²) in [6, 6.07) is 0.217. The number of rotatable bonds is 6. The van der Waals surface area contributed by atoms with Gasteiger partial charge in [0.2, 0.25) is 0 Å². The smallest absolute Gasteiger partial charge is 0.0587 e. The lowest BCUT2D eigenvalue weighted by molar-refractivity contribution is 0.0205. The SMILES string of the molecule is CC(C)C(CO)NCC(C)(C)C1CCOCC1. The predicted octanol–water partition coefficient (Wildman–Crippen LogP) is 2.05. The Morgan fingerprint density at radius 1 is 1.29 bits per heavy atom. The third kappa shape index (κ3) is 4.57. The first-order valence-electron chi connectivity index (χ1n) is 6.89. The van der Waals surface area contributed by atoms with Crippen molar-refractivity contribution in [2.75, 3.05) is 26.4 Å². The van der Waals surface area contributed by atoms with Crippen molar-refractivity contribution in [2.45, 2.75) is 46.6 Å². The quantitative estimate of drug-likeness (QED) is 0.750. The Balaban J connectivity index is 2.41. The van der Waals surface area contributed by atoms with E-state index in [9.17, 15) is 5.11 Å². The Labute approximate surface area is 106 Å². The number of aliphatic hydroxyl groups excluding tert-OH is 1. The van der Waals surface area contributed by atoms with Gasteiger partial charge in [-0.25, -0.2) is 0 Å². The van der Waals surface area contributed by atoms with Crippen LogP contribution in [0.1, 0.15) is 40.5 Å². The number of nitrogens with one attached hydrogen (secondary N) is 1. The number of ether oxygens (including phenoxy) is 1. The van der Waals surface area contributed by atoms with E-state index in [1.807, 2.05) is 0 Å². The zero-order valence-corrected chi connectivity index (χ0v) is 11.8. The first-order chi connectivity index (χ1) is 7.97. The van der Waals surface area contributed by atoms with Gasteiger partial charge < -0.3 is 15.2 Å². The van der Waals surface area contributed by atoms with Crippen LogP contribution >= 0.6 is 0 Å². The first kappa shape index (κ1) is 14.9. The van der Waals surface area contributed by atoms with Gasteiger partial charge in [-0.15, -0.1) is 0 Å². The molecular formula is C14H29NO2. The molecule has 17 heavy (non-hydrogen) atoms. The molecule has 102 valence electrons. The van der Waals surface area contributed by atoms with Crippen molar-refractivity contribution in [3.63, 3.8) is 0 Å². The van der Waals surface area contributed by atoms with Crippen LogP contribution in [0.4, 0.5) is 0 Å². The lowest BCUT2D eigenvalue weighted by atomic mass is 9.74. The van der Waals surface area contributed by atoms with Crippen LogP contribution in [-0.2, 0) is 4.74 Å². The van der Waals surface area contributed by atoms with Crippen LogP contribution in [0.3, 0.4) is 0 Å². The van der Waals surface area contributed by atoms with Gasteiger partial charge in [0.15, 0.2) is 0 Å². The van der Waals surface area contributed by atoms with Gasteiger partial charge in [-0.05, 0) is 30.1 Å². The van der Waals surface area contributed by atoms with Crippen molar-refractivity contribution in [3.8, 4) is 0 Å². The molecule has 0 radical (unpaired) electrons. The molecule has 3 heteroatoms. The van der Waals surface area contributed by atoms with Crippen LogP contribution in [0.25, 0.3) is 0 Å². The standard InChI is InChI=1S/C14H29NO2/c1-11(2)13(9-16)15-10-14(3,4)12-5-7-17-8-6-12/h11-13,15-16H,5-10H2,1-4H3. The van der Waals surface area contributed by atoms with Gasteiger partial charge in [0, 0.05) is 25.8 Å². The maximum Gasteiger partial charge on any atom is 0.0587 e. The average molecular weight is 243 g/mol. The largest absolute Gasteiger partial charge is 0.395 e. The van der Waals surface area contributed by atoms with Crippen molar-refractivity contribution in [1.29, 1.82) is 0 Å². The van der Waals surface area contributed by atoms with E-state index < -0.39 is 0 Å².